The van der Waals surface area contributed by atoms with Gasteiger partial charge in [-0.15, -0.1) is 0 Å². The largest absolute Gasteiger partial charge is 0.486 e. The maximum absolute atomic E-state index is 13.6. The molecule has 2 aromatic carbocycles. The summed E-state index contributed by atoms with van der Waals surface area (Å²) in [4.78, 5) is 20.1. The fraction of sp³-hybridized carbons (Fsp3) is 0.333. The predicted octanol–water partition coefficient (Wildman–Crippen LogP) is 4.79. The third-order valence-electron chi connectivity index (χ3n) is 5.24. The molecule has 0 saturated heterocycles. The summed E-state index contributed by atoms with van der Waals surface area (Å²) in [6.07, 6.45) is 0. The van der Waals surface area contributed by atoms with E-state index in [1.165, 1.54) is 0 Å². The number of pyridine rings is 1. The first-order chi connectivity index (χ1) is 14.1. The molecular formula is C24H26N2O3. The summed E-state index contributed by atoms with van der Waals surface area (Å²) in [5.41, 5.74) is 3.44. The number of hydrogen-bond acceptors (Lipinski definition) is 4. The predicted molar refractivity (Wildman–Crippen MR) is 114 cm³/mol. The highest BCUT2D eigenvalue weighted by Gasteiger charge is 2.22. The van der Waals surface area contributed by atoms with Crippen LogP contribution in [-0.4, -0.2) is 35.5 Å². The van der Waals surface area contributed by atoms with Gasteiger partial charge in [0.05, 0.1) is 11.1 Å². The average Bonchev–Trinajstić information content (AvgIpc) is 2.76. The van der Waals surface area contributed by atoms with E-state index in [4.69, 9.17) is 14.5 Å². The van der Waals surface area contributed by atoms with Crippen LogP contribution in [0.3, 0.4) is 0 Å². The van der Waals surface area contributed by atoms with E-state index in [1.807, 2.05) is 60.4 Å². The number of carbonyl (C=O) groups is 1. The van der Waals surface area contributed by atoms with E-state index in [0.717, 1.165) is 33.7 Å². The Labute approximate surface area is 171 Å². The molecule has 1 aromatic heterocycles. The van der Waals surface area contributed by atoms with Gasteiger partial charge in [0, 0.05) is 29.7 Å². The van der Waals surface area contributed by atoms with Crippen molar-refractivity contribution in [1.82, 2.24) is 9.88 Å². The van der Waals surface area contributed by atoms with Crippen LogP contribution in [0.15, 0.2) is 48.5 Å². The first kappa shape index (κ1) is 19.2. The van der Waals surface area contributed by atoms with Gasteiger partial charge in [-0.1, -0.05) is 44.2 Å². The molecule has 0 saturated carbocycles. The van der Waals surface area contributed by atoms with Gasteiger partial charge >= 0.3 is 0 Å². The number of para-hydroxylation sites is 2. The van der Waals surface area contributed by atoms with Crippen LogP contribution in [-0.2, 0) is 6.54 Å². The van der Waals surface area contributed by atoms with Gasteiger partial charge in [-0.25, -0.2) is 0 Å². The second-order valence-electron chi connectivity index (χ2n) is 7.53. The van der Waals surface area contributed by atoms with Gasteiger partial charge in [0.25, 0.3) is 5.91 Å². The highest BCUT2D eigenvalue weighted by Crippen LogP contribution is 2.34. The number of amides is 1. The number of carbonyl (C=O) groups excluding carboxylic acids is 1. The molecule has 1 aliphatic rings. The summed E-state index contributed by atoms with van der Waals surface area (Å²) in [6.45, 7) is 8.32. The molecule has 150 valence electrons. The number of fused-ring (bicyclic) bond motifs is 2. The monoisotopic (exact) mass is 390 g/mol. The standard InChI is InChI=1S/C24H26N2O3/c1-4-26(15-17-8-7-11-22-23(17)29-13-12-28-22)24(27)19-14-21(16(2)3)25-20-10-6-5-9-18(19)20/h5-11,14,16H,4,12-13,15H2,1-3H3. The summed E-state index contributed by atoms with van der Waals surface area (Å²) in [5.74, 6) is 1.73. The highest BCUT2D eigenvalue weighted by molar-refractivity contribution is 6.06. The Bertz CT molecular complexity index is 1050. The van der Waals surface area contributed by atoms with Crippen LogP contribution in [0.1, 0.15) is 48.3 Å². The summed E-state index contributed by atoms with van der Waals surface area (Å²) < 4.78 is 11.5. The molecule has 1 aliphatic heterocycles. The Kier molecular flexibility index (Phi) is 5.38. The summed E-state index contributed by atoms with van der Waals surface area (Å²) in [7, 11) is 0. The SMILES string of the molecule is CCN(Cc1cccc2c1OCCO2)C(=O)c1cc(C(C)C)nc2ccccc12. The van der Waals surface area contributed by atoms with Crippen LogP contribution >= 0.6 is 0 Å². The molecule has 5 nitrogen and oxygen atoms in total. The van der Waals surface area contributed by atoms with Gasteiger partial charge in [0.15, 0.2) is 11.5 Å². The van der Waals surface area contributed by atoms with Crippen molar-refractivity contribution < 1.29 is 14.3 Å². The maximum Gasteiger partial charge on any atom is 0.254 e. The van der Waals surface area contributed by atoms with Crippen LogP contribution < -0.4 is 9.47 Å². The number of hydrogen-bond donors (Lipinski definition) is 0. The molecule has 0 N–H and O–H groups in total. The van der Waals surface area contributed by atoms with Gasteiger partial charge in [0.1, 0.15) is 13.2 Å². The van der Waals surface area contributed by atoms with E-state index >= 15 is 0 Å². The van der Waals surface area contributed by atoms with E-state index in [-0.39, 0.29) is 11.8 Å². The highest BCUT2D eigenvalue weighted by atomic mass is 16.6. The van der Waals surface area contributed by atoms with Gasteiger partial charge < -0.3 is 14.4 Å². The average molecular weight is 390 g/mol. The lowest BCUT2D eigenvalue weighted by Crippen LogP contribution is -2.31. The van der Waals surface area contributed by atoms with Crippen molar-refractivity contribution in [2.45, 2.75) is 33.2 Å². The molecule has 5 heteroatoms. The second-order valence-corrected chi connectivity index (χ2v) is 7.53. The van der Waals surface area contributed by atoms with Gasteiger partial charge in [-0.2, -0.15) is 0 Å². The molecule has 0 spiro atoms. The van der Waals surface area contributed by atoms with E-state index in [1.54, 1.807) is 0 Å². The molecule has 0 fully saturated rings. The quantitative estimate of drug-likeness (QED) is 0.628. The number of ether oxygens (including phenoxy) is 2. The zero-order valence-electron chi connectivity index (χ0n) is 17.1. The van der Waals surface area contributed by atoms with Crippen LogP contribution in [0.25, 0.3) is 10.9 Å². The van der Waals surface area contributed by atoms with E-state index < -0.39 is 0 Å². The molecule has 0 atom stereocenters. The minimum Gasteiger partial charge on any atom is -0.486 e. The maximum atomic E-state index is 13.6. The summed E-state index contributed by atoms with van der Waals surface area (Å²) >= 11 is 0. The Morgan fingerprint density at radius 1 is 1.10 bits per heavy atom. The van der Waals surface area contributed by atoms with Crippen molar-refractivity contribution in [2.75, 3.05) is 19.8 Å². The van der Waals surface area contributed by atoms with E-state index in [0.29, 0.717) is 31.9 Å². The molecule has 3 aromatic rings. The smallest absolute Gasteiger partial charge is 0.254 e. The van der Waals surface area contributed by atoms with Gasteiger partial charge in [0.2, 0.25) is 0 Å². The van der Waals surface area contributed by atoms with Crippen molar-refractivity contribution in [3.63, 3.8) is 0 Å². The van der Waals surface area contributed by atoms with Crippen molar-refractivity contribution in [1.29, 1.82) is 0 Å². The first-order valence-electron chi connectivity index (χ1n) is 10.1. The third kappa shape index (κ3) is 3.77. The Hall–Kier alpha value is -3.08. The molecule has 4 rings (SSSR count). The molecule has 0 unspecified atom stereocenters. The lowest BCUT2D eigenvalue weighted by Gasteiger charge is -2.26. The Morgan fingerprint density at radius 2 is 1.90 bits per heavy atom. The molecule has 0 bridgehead atoms. The van der Waals surface area contributed by atoms with Crippen LogP contribution in [0, 0.1) is 0 Å². The van der Waals surface area contributed by atoms with Crippen molar-refractivity contribution in [3.8, 4) is 11.5 Å². The fourth-order valence-corrected chi connectivity index (χ4v) is 3.63. The minimum absolute atomic E-state index is 0.00216. The Morgan fingerprint density at radius 3 is 2.69 bits per heavy atom. The molecule has 0 radical (unpaired) electrons. The molecule has 0 aliphatic carbocycles. The van der Waals surface area contributed by atoms with Crippen LogP contribution in [0.2, 0.25) is 0 Å². The minimum atomic E-state index is 0.00216. The topological polar surface area (TPSA) is 51.7 Å². The zero-order valence-corrected chi connectivity index (χ0v) is 17.1. The third-order valence-corrected chi connectivity index (χ3v) is 5.24. The molecule has 1 amide bonds. The summed E-state index contributed by atoms with van der Waals surface area (Å²) in [6, 6.07) is 15.6. The lowest BCUT2D eigenvalue weighted by atomic mass is 10.0. The van der Waals surface area contributed by atoms with E-state index in [9.17, 15) is 4.79 Å². The van der Waals surface area contributed by atoms with Gasteiger partial charge in [-0.05, 0) is 31.0 Å². The number of nitrogens with zero attached hydrogens (tertiary/aromatic N) is 2. The number of rotatable bonds is 5. The van der Waals surface area contributed by atoms with Gasteiger partial charge in [-0.3, -0.25) is 9.78 Å². The second kappa shape index (κ2) is 8.11. The van der Waals surface area contributed by atoms with Crippen LogP contribution in [0.4, 0.5) is 0 Å². The van der Waals surface area contributed by atoms with E-state index in [2.05, 4.69) is 13.8 Å². The van der Waals surface area contributed by atoms with Crippen molar-refractivity contribution in [2.24, 2.45) is 0 Å². The number of benzene rings is 2. The molecule has 2 heterocycles. The lowest BCUT2D eigenvalue weighted by molar-refractivity contribution is 0.0751. The number of aromatic nitrogens is 1. The van der Waals surface area contributed by atoms with Crippen molar-refractivity contribution in [3.05, 3.63) is 65.4 Å². The summed E-state index contributed by atoms with van der Waals surface area (Å²) in [5, 5.41) is 0.884. The zero-order chi connectivity index (χ0) is 20.4. The van der Waals surface area contributed by atoms with Crippen LogP contribution in [0.5, 0.6) is 11.5 Å². The fourth-order valence-electron chi connectivity index (χ4n) is 3.63. The van der Waals surface area contributed by atoms with Crippen molar-refractivity contribution >= 4 is 16.8 Å². The Balaban J connectivity index is 1.72. The normalized spacial score (nSPS) is 13.0. The molecular weight excluding hydrogens is 364 g/mol. The first-order valence-corrected chi connectivity index (χ1v) is 10.1. The molecule has 29 heavy (non-hydrogen) atoms.